The van der Waals surface area contributed by atoms with Crippen LogP contribution in [0.4, 0.5) is 0 Å². The van der Waals surface area contributed by atoms with Crippen LogP contribution in [0, 0.1) is 5.92 Å². The maximum Gasteiger partial charge on any atom is 0.0377 e. The van der Waals surface area contributed by atoms with E-state index in [9.17, 15) is 0 Å². The Morgan fingerprint density at radius 2 is 1.69 bits per heavy atom. The molecule has 1 rings (SSSR count). The van der Waals surface area contributed by atoms with Gasteiger partial charge >= 0.3 is 0 Å². The summed E-state index contributed by atoms with van der Waals surface area (Å²) in [6, 6.07) is 8.51. The summed E-state index contributed by atoms with van der Waals surface area (Å²) in [5, 5.41) is 3.58. The van der Waals surface area contributed by atoms with Crippen LogP contribution < -0.4 is 5.32 Å². The molecule has 0 aromatic heterocycles. The minimum absolute atomic E-state index is 0. The van der Waals surface area contributed by atoms with Crippen LogP contribution in [0.5, 0.6) is 0 Å². The molecule has 0 unspecified atom stereocenters. The van der Waals surface area contributed by atoms with Crippen LogP contribution >= 0.6 is 28.3 Å². The SMILES string of the molecule is CC(C)CNC(C)(C)c1ccc(Br)cc1.Cl. The molecule has 0 bridgehead atoms. The molecule has 0 heterocycles. The van der Waals surface area contributed by atoms with Crippen molar-refractivity contribution in [2.24, 2.45) is 5.92 Å². The highest BCUT2D eigenvalue weighted by Gasteiger charge is 2.19. The van der Waals surface area contributed by atoms with Crippen molar-refractivity contribution in [3.8, 4) is 0 Å². The molecule has 1 aromatic carbocycles. The molecule has 0 radical (unpaired) electrons. The molecular weight excluding hydrogens is 286 g/mol. The number of benzene rings is 1. The minimum atomic E-state index is 0. The fourth-order valence-electron chi connectivity index (χ4n) is 1.43. The molecule has 3 heteroatoms. The molecule has 0 atom stereocenters. The molecule has 1 aromatic rings. The highest BCUT2D eigenvalue weighted by Crippen LogP contribution is 2.22. The molecule has 0 aliphatic carbocycles. The standard InChI is InChI=1S/C13H20BrN.ClH/c1-10(2)9-15-13(3,4)11-5-7-12(14)8-6-11;/h5-8,10,15H,9H2,1-4H3;1H. The van der Waals surface area contributed by atoms with E-state index in [0.29, 0.717) is 5.92 Å². The monoisotopic (exact) mass is 305 g/mol. The van der Waals surface area contributed by atoms with Crippen LogP contribution in [-0.2, 0) is 5.54 Å². The van der Waals surface area contributed by atoms with E-state index in [4.69, 9.17) is 0 Å². The van der Waals surface area contributed by atoms with E-state index >= 15 is 0 Å². The van der Waals surface area contributed by atoms with Crippen molar-refractivity contribution in [3.63, 3.8) is 0 Å². The van der Waals surface area contributed by atoms with Gasteiger partial charge in [0.25, 0.3) is 0 Å². The van der Waals surface area contributed by atoms with E-state index in [0.717, 1.165) is 11.0 Å². The Morgan fingerprint density at radius 1 is 1.19 bits per heavy atom. The van der Waals surface area contributed by atoms with Crippen molar-refractivity contribution < 1.29 is 0 Å². The van der Waals surface area contributed by atoms with Crippen LogP contribution in [0.1, 0.15) is 33.3 Å². The predicted octanol–water partition coefficient (Wildman–Crippen LogP) is 4.35. The lowest BCUT2D eigenvalue weighted by Gasteiger charge is -2.28. The molecule has 0 fully saturated rings. The third-order valence-electron chi connectivity index (χ3n) is 2.52. The molecule has 0 saturated carbocycles. The molecule has 0 amide bonds. The van der Waals surface area contributed by atoms with E-state index in [1.54, 1.807) is 0 Å². The van der Waals surface area contributed by atoms with Crippen LogP contribution in [-0.4, -0.2) is 6.54 Å². The highest BCUT2D eigenvalue weighted by molar-refractivity contribution is 9.10. The zero-order valence-corrected chi connectivity index (χ0v) is 12.8. The number of halogens is 2. The van der Waals surface area contributed by atoms with Crippen molar-refractivity contribution in [1.29, 1.82) is 0 Å². The molecule has 0 aliphatic rings. The van der Waals surface area contributed by atoms with E-state index in [1.165, 1.54) is 5.56 Å². The Kier molecular flexibility index (Phi) is 6.61. The maximum atomic E-state index is 3.58. The number of hydrogen-bond acceptors (Lipinski definition) is 1. The Morgan fingerprint density at radius 3 is 2.12 bits per heavy atom. The summed E-state index contributed by atoms with van der Waals surface area (Å²) in [7, 11) is 0. The third kappa shape index (κ3) is 4.86. The molecule has 0 saturated heterocycles. The Balaban J connectivity index is 0.00000225. The molecular formula is C13H21BrClN. The lowest BCUT2D eigenvalue weighted by atomic mass is 9.94. The normalized spacial score (nSPS) is 11.4. The summed E-state index contributed by atoms with van der Waals surface area (Å²) in [4.78, 5) is 0. The summed E-state index contributed by atoms with van der Waals surface area (Å²) in [5.74, 6) is 0.680. The van der Waals surface area contributed by atoms with Gasteiger partial charge in [-0.3, -0.25) is 0 Å². The van der Waals surface area contributed by atoms with Gasteiger partial charge in [-0.15, -0.1) is 12.4 Å². The van der Waals surface area contributed by atoms with Gasteiger partial charge in [0.1, 0.15) is 0 Å². The largest absolute Gasteiger partial charge is 0.308 e. The van der Waals surface area contributed by atoms with Crippen molar-refractivity contribution >= 4 is 28.3 Å². The first-order valence-electron chi connectivity index (χ1n) is 5.43. The molecule has 0 aliphatic heterocycles. The molecule has 16 heavy (non-hydrogen) atoms. The minimum Gasteiger partial charge on any atom is -0.308 e. The van der Waals surface area contributed by atoms with Gasteiger partial charge in [0.2, 0.25) is 0 Å². The summed E-state index contributed by atoms with van der Waals surface area (Å²) in [6.45, 7) is 9.94. The van der Waals surface area contributed by atoms with Crippen molar-refractivity contribution in [1.82, 2.24) is 5.32 Å². The zero-order chi connectivity index (χ0) is 11.5. The van der Waals surface area contributed by atoms with Gasteiger partial charge in [-0.1, -0.05) is 41.9 Å². The summed E-state index contributed by atoms with van der Waals surface area (Å²) < 4.78 is 1.13. The average Bonchev–Trinajstić information content (AvgIpc) is 2.16. The Labute approximate surface area is 114 Å². The van der Waals surface area contributed by atoms with E-state index in [-0.39, 0.29) is 17.9 Å². The average molecular weight is 307 g/mol. The first-order valence-corrected chi connectivity index (χ1v) is 6.22. The highest BCUT2D eigenvalue weighted by atomic mass is 79.9. The van der Waals surface area contributed by atoms with Crippen molar-refractivity contribution in [3.05, 3.63) is 34.3 Å². The van der Waals surface area contributed by atoms with E-state index in [2.05, 4.69) is 73.2 Å². The zero-order valence-electron chi connectivity index (χ0n) is 10.4. The van der Waals surface area contributed by atoms with Crippen LogP contribution in [0.2, 0.25) is 0 Å². The van der Waals surface area contributed by atoms with Gasteiger partial charge in [-0.2, -0.15) is 0 Å². The van der Waals surface area contributed by atoms with Gasteiger partial charge in [0, 0.05) is 10.0 Å². The Hall–Kier alpha value is -0.0500. The fourth-order valence-corrected chi connectivity index (χ4v) is 1.69. The molecule has 92 valence electrons. The predicted molar refractivity (Wildman–Crippen MR) is 77.3 cm³/mol. The number of nitrogens with one attached hydrogen (secondary N) is 1. The quantitative estimate of drug-likeness (QED) is 0.872. The van der Waals surface area contributed by atoms with Crippen molar-refractivity contribution in [2.75, 3.05) is 6.54 Å². The summed E-state index contributed by atoms with van der Waals surface area (Å²) >= 11 is 3.45. The van der Waals surface area contributed by atoms with Crippen molar-refractivity contribution in [2.45, 2.75) is 33.2 Å². The lowest BCUT2D eigenvalue weighted by Crippen LogP contribution is -2.38. The van der Waals surface area contributed by atoms with Gasteiger partial charge in [0.15, 0.2) is 0 Å². The number of hydrogen-bond donors (Lipinski definition) is 1. The van der Waals surface area contributed by atoms with E-state index < -0.39 is 0 Å². The molecule has 1 N–H and O–H groups in total. The van der Waals surface area contributed by atoms with Gasteiger partial charge in [-0.05, 0) is 44.0 Å². The first-order chi connectivity index (χ1) is 6.92. The lowest BCUT2D eigenvalue weighted by molar-refractivity contribution is 0.374. The maximum absolute atomic E-state index is 3.58. The number of rotatable bonds is 4. The first kappa shape index (κ1) is 16.0. The second-order valence-electron chi connectivity index (χ2n) is 4.91. The smallest absolute Gasteiger partial charge is 0.0377 e. The Bertz CT molecular complexity index is 306. The van der Waals surface area contributed by atoms with Crippen LogP contribution in [0.25, 0.3) is 0 Å². The van der Waals surface area contributed by atoms with Gasteiger partial charge in [0.05, 0.1) is 0 Å². The van der Waals surface area contributed by atoms with Gasteiger partial charge in [-0.25, -0.2) is 0 Å². The van der Waals surface area contributed by atoms with Crippen LogP contribution in [0.15, 0.2) is 28.7 Å². The topological polar surface area (TPSA) is 12.0 Å². The van der Waals surface area contributed by atoms with E-state index in [1.807, 2.05) is 0 Å². The summed E-state index contributed by atoms with van der Waals surface area (Å²) in [6.07, 6.45) is 0. The molecule has 0 spiro atoms. The second kappa shape index (κ2) is 6.63. The van der Waals surface area contributed by atoms with Gasteiger partial charge < -0.3 is 5.32 Å². The molecule has 1 nitrogen and oxygen atoms in total. The van der Waals surface area contributed by atoms with Crippen LogP contribution in [0.3, 0.4) is 0 Å². The second-order valence-corrected chi connectivity index (χ2v) is 5.82. The summed E-state index contributed by atoms with van der Waals surface area (Å²) in [5.41, 5.74) is 1.37. The fraction of sp³-hybridized carbons (Fsp3) is 0.538. The third-order valence-corrected chi connectivity index (χ3v) is 3.05.